The van der Waals surface area contributed by atoms with Crippen LogP contribution < -0.4 is 10.6 Å². The van der Waals surface area contributed by atoms with Crippen molar-refractivity contribution in [3.05, 3.63) is 29.8 Å². The molecule has 0 saturated heterocycles. The minimum atomic E-state index is -1.14. The van der Waals surface area contributed by atoms with Crippen molar-refractivity contribution >= 4 is 11.7 Å². The number of carbonyl (C=O) groups excluding carboxylic acids is 1. The lowest BCUT2D eigenvalue weighted by atomic mass is 10.2. The fraction of sp³-hybridized carbons (Fsp3) is 0.273. The molecule has 0 heterocycles. The molecule has 0 bridgehead atoms. The zero-order valence-corrected chi connectivity index (χ0v) is 8.91. The zero-order valence-electron chi connectivity index (χ0n) is 8.91. The molecule has 2 amide bonds. The van der Waals surface area contributed by atoms with Crippen LogP contribution in [0.5, 0.6) is 0 Å². The van der Waals surface area contributed by atoms with E-state index >= 15 is 0 Å². The number of anilines is 1. The summed E-state index contributed by atoms with van der Waals surface area (Å²) in [5.41, 5.74) is 0.772. The van der Waals surface area contributed by atoms with Crippen molar-refractivity contribution in [3.63, 3.8) is 0 Å². The molecule has 0 aliphatic carbocycles. The van der Waals surface area contributed by atoms with Crippen LogP contribution in [0.4, 0.5) is 19.3 Å². The summed E-state index contributed by atoms with van der Waals surface area (Å²) in [5, 5.41) is 13.1. The quantitative estimate of drug-likeness (QED) is 0.843. The van der Waals surface area contributed by atoms with Gasteiger partial charge in [-0.05, 0) is 18.2 Å². The lowest BCUT2D eigenvalue weighted by molar-refractivity contribution is 0.239. The van der Waals surface area contributed by atoms with Crippen molar-refractivity contribution < 1.29 is 13.6 Å². The van der Waals surface area contributed by atoms with Crippen LogP contribution in [0, 0.1) is 11.3 Å². The topological polar surface area (TPSA) is 64.9 Å². The summed E-state index contributed by atoms with van der Waals surface area (Å²) in [5.74, 6) is 0. The van der Waals surface area contributed by atoms with Gasteiger partial charge in [0.15, 0.2) is 0 Å². The smallest absolute Gasteiger partial charge is 0.319 e. The molecule has 4 nitrogen and oxygen atoms in total. The van der Waals surface area contributed by atoms with Gasteiger partial charge in [0.25, 0.3) is 0 Å². The predicted octanol–water partition coefficient (Wildman–Crippen LogP) is 1.99. The Hall–Kier alpha value is -2.16. The number of nitriles is 1. The molecular weight excluding hydrogens is 228 g/mol. The van der Waals surface area contributed by atoms with Gasteiger partial charge in [0.1, 0.15) is 13.3 Å². The second kappa shape index (κ2) is 6.43. The summed E-state index contributed by atoms with van der Waals surface area (Å²) < 4.78 is 24.3. The number of rotatable bonds is 4. The maximum absolute atomic E-state index is 12.2. The highest BCUT2D eigenvalue weighted by molar-refractivity contribution is 5.89. The molecule has 6 heteroatoms. The second-order valence-electron chi connectivity index (χ2n) is 3.30. The maximum Gasteiger partial charge on any atom is 0.319 e. The van der Waals surface area contributed by atoms with E-state index in [1.807, 2.05) is 6.07 Å². The summed E-state index contributed by atoms with van der Waals surface area (Å²) >= 11 is 0. The molecule has 0 atom stereocenters. The first-order valence-corrected chi connectivity index (χ1v) is 4.89. The Morgan fingerprint density at radius 2 is 2.12 bits per heavy atom. The Morgan fingerprint density at radius 3 is 2.71 bits per heavy atom. The summed E-state index contributed by atoms with van der Waals surface area (Å²) in [6.07, 6.45) is 0. The van der Waals surface area contributed by atoms with Crippen LogP contribution in [-0.2, 0) is 0 Å². The van der Waals surface area contributed by atoms with Gasteiger partial charge in [-0.25, -0.2) is 13.6 Å². The Bertz CT molecular complexity index is 427. The van der Waals surface area contributed by atoms with E-state index < -0.39 is 25.4 Å². The van der Waals surface area contributed by atoms with E-state index in [2.05, 4.69) is 10.6 Å². The maximum atomic E-state index is 12.2. The van der Waals surface area contributed by atoms with E-state index in [9.17, 15) is 13.6 Å². The third-order valence-electron chi connectivity index (χ3n) is 1.96. The second-order valence-corrected chi connectivity index (χ2v) is 3.30. The van der Waals surface area contributed by atoms with Crippen molar-refractivity contribution in [1.82, 2.24) is 5.32 Å². The first kappa shape index (κ1) is 12.9. The van der Waals surface area contributed by atoms with Gasteiger partial charge in [-0.3, -0.25) is 0 Å². The molecule has 1 aromatic rings. The number of hydrogen-bond donors (Lipinski definition) is 2. The van der Waals surface area contributed by atoms with Crippen LogP contribution in [0.25, 0.3) is 0 Å². The van der Waals surface area contributed by atoms with E-state index in [-0.39, 0.29) is 0 Å². The normalized spacial score (nSPS) is 9.76. The van der Waals surface area contributed by atoms with Crippen LogP contribution in [0.3, 0.4) is 0 Å². The van der Waals surface area contributed by atoms with Gasteiger partial charge in [0.05, 0.1) is 17.7 Å². The molecule has 1 aromatic carbocycles. The van der Waals surface area contributed by atoms with Gasteiger partial charge in [-0.2, -0.15) is 5.26 Å². The van der Waals surface area contributed by atoms with Gasteiger partial charge in [0.2, 0.25) is 0 Å². The number of benzene rings is 1. The van der Waals surface area contributed by atoms with Gasteiger partial charge < -0.3 is 10.6 Å². The van der Waals surface area contributed by atoms with Gasteiger partial charge >= 0.3 is 6.03 Å². The van der Waals surface area contributed by atoms with Crippen LogP contribution >= 0.6 is 0 Å². The molecule has 0 fully saturated rings. The first-order chi connectivity index (χ1) is 8.19. The third-order valence-corrected chi connectivity index (χ3v) is 1.96. The number of halogens is 2. The molecule has 0 radical (unpaired) electrons. The van der Waals surface area contributed by atoms with Crippen molar-refractivity contribution in [2.45, 2.75) is 6.04 Å². The number of alkyl halides is 2. The van der Waals surface area contributed by atoms with E-state index in [1.165, 1.54) is 6.07 Å². The van der Waals surface area contributed by atoms with Crippen molar-refractivity contribution in [2.24, 2.45) is 0 Å². The minimum absolute atomic E-state index is 0.385. The van der Waals surface area contributed by atoms with Crippen LogP contribution in [0.15, 0.2) is 24.3 Å². The van der Waals surface area contributed by atoms with Gasteiger partial charge in [0, 0.05) is 5.69 Å². The average Bonchev–Trinajstić information content (AvgIpc) is 2.36. The largest absolute Gasteiger partial charge is 0.330 e. The number of amides is 2. The Balaban J connectivity index is 2.59. The number of nitrogens with zero attached hydrogens (tertiary/aromatic N) is 1. The average molecular weight is 239 g/mol. The molecule has 17 heavy (non-hydrogen) atoms. The lowest BCUT2D eigenvalue weighted by Gasteiger charge is -2.12. The highest BCUT2D eigenvalue weighted by Crippen LogP contribution is 2.09. The number of hydrogen-bond acceptors (Lipinski definition) is 2. The van der Waals surface area contributed by atoms with Gasteiger partial charge in [-0.1, -0.05) is 6.07 Å². The highest BCUT2D eigenvalue weighted by Gasteiger charge is 2.11. The van der Waals surface area contributed by atoms with Crippen molar-refractivity contribution in [3.8, 4) is 6.07 Å². The standard InChI is InChI=1S/C11H11F2N3O/c12-5-10(6-13)16-11(17)15-9-3-1-2-8(4-9)7-14/h1-4,10H,5-6H2,(H2,15,16,17). The zero-order chi connectivity index (χ0) is 12.7. The molecule has 1 rings (SSSR count). The van der Waals surface area contributed by atoms with Gasteiger partial charge in [-0.15, -0.1) is 0 Å². The molecule has 90 valence electrons. The molecule has 0 aromatic heterocycles. The molecule has 0 aliphatic rings. The predicted molar refractivity (Wildman–Crippen MR) is 59.0 cm³/mol. The highest BCUT2D eigenvalue weighted by atomic mass is 19.1. The molecular formula is C11H11F2N3O. The first-order valence-electron chi connectivity index (χ1n) is 4.89. The van der Waals surface area contributed by atoms with E-state index in [0.717, 1.165) is 0 Å². The lowest BCUT2D eigenvalue weighted by Crippen LogP contribution is -2.40. The van der Waals surface area contributed by atoms with E-state index in [4.69, 9.17) is 5.26 Å². The fourth-order valence-corrected chi connectivity index (χ4v) is 1.14. The minimum Gasteiger partial charge on any atom is -0.330 e. The molecule has 0 saturated carbocycles. The number of nitrogens with one attached hydrogen (secondary N) is 2. The van der Waals surface area contributed by atoms with Crippen LogP contribution in [0.2, 0.25) is 0 Å². The summed E-state index contributed by atoms with van der Waals surface area (Å²) in [6.45, 7) is -1.94. The molecule has 0 spiro atoms. The summed E-state index contributed by atoms with van der Waals surface area (Å²) in [4.78, 5) is 11.3. The Morgan fingerprint density at radius 1 is 1.41 bits per heavy atom. The third kappa shape index (κ3) is 4.07. The number of carbonyl (C=O) groups is 1. The Kier molecular flexibility index (Phi) is 4.88. The van der Waals surface area contributed by atoms with Crippen LogP contribution in [-0.4, -0.2) is 25.4 Å². The van der Waals surface area contributed by atoms with E-state index in [0.29, 0.717) is 11.3 Å². The fourth-order valence-electron chi connectivity index (χ4n) is 1.14. The molecule has 2 N–H and O–H groups in total. The number of urea groups is 1. The Labute approximate surface area is 97.2 Å². The van der Waals surface area contributed by atoms with Crippen molar-refractivity contribution in [2.75, 3.05) is 18.7 Å². The van der Waals surface area contributed by atoms with Crippen molar-refractivity contribution in [1.29, 1.82) is 5.26 Å². The monoisotopic (exact) mass is 239 g/mol. The SMILES string of the molecule is N#Cc1cccc(NC(=O)NC(CF)CF)c1. The summed E-state index contributed by atoms with van der Waals surface area (Å²) in [7, 11) is 0. The van der Waals surface area contributed by atoms with E-state index in [1.54, 1.807) is 18.2 Å². The molecule has 0 unspecified atom stereocenters. The van der Waals surface area contributed by atoms with Crippen LogP contribution in [0.1, 0.15) is 5.56 Å². The molecule has 0 aliphatic heterocycles. The summed E-state index contributed by atoms with van der Waals surface area (Å²) in [6, 6.07) is 6.26.